The molecule has 0 radical (unpaired) electrons. The molecule has 0 bridgehead atoms. The average Bonchev–Trinajstić information content (AvgIpc) is 3.01. The van der Waals surface area contributed by atoms with Gasteiger partial charge in [0.15, 0.2) is 5.69 Å². The first kappa shape index (κ1) is 15.5. The maximum Gasteiger partial charge on any atom is 0.276 e. The molecule has 1 N–H and O–H groups in total. The van der Waals surface area contributed by atoms with E-state index in [1.807, 2.05) is 13.8 Å². The molecule has 1 spiro atoms. The molecule has 1 aromatic rings. The second-order valence-corrected chi connectivity index (χ2v) is 6.63. The Bertz CT molecular complexity index is 532. The fourth-order valence-corrected chi connectivity index (χ4v) is 3.30. The summed E-state index contributed by atoms with van der Waals surface area (Å²) in [5, 5.41) is 14.1. The number of ether oxygens (including phenoxy) is 1. The summed E-state index contributed by atoms with van der Waals surface area (Å²) in [5.74, 6) is 0.836. The zero-order valence-electron chi connectivity index (χ0n) is 13.2. The zero-order chi connectivity index (χ0) is 15.7. The lowest BCUT2D eigenvalue weighted by Crippen LogP contribution is -2.56. The lowest BCUT2D eigenvalue weighted by molar-refractivity contribution is -0.174. The lowest BCUT2D eigenvalue weighted by Gasteiger charge is -2.46. The predicted octanol–water partition coefficient (Wildman–Crippen LogP) is 1.94. The third-order valence-electron chi connectivity index (χ3n) is 4.83. The van der Waals surface area contributed by atoms with Gasteiger partial charge >= 0.3 is 0 Å². The van der Waals surface area contributed by atoms with Gasteiger partial charge in [-0.25, -0.2) is 0 Å². The number of aromatic nitrogens is 1. The Hall–Kier alpha value is -1.40. The molecular weight excluding hydrogens is 284 g/mol. The summed E-state index contributed by atoms with van der Waals surface area (Å²) in [7, 11) is 0. The van der Waals surface area contributed by atoms with Crippen molar-refractivity contribution in [2.45, 2.75) is 57.2 Å². The summed E-state index contributed by atoms with van der Waals surface area (Å²) < 4.78 is 11.1. The SMILES string of the molecule is CC(C)c1cc(C(=O)N2CCC3(CC2)OCCC[C@@H]3O)no1. The van der Waals surface area contributed by atoms with Crippen LogP contribution in [0, 0.1) is 0 Å². The number of rotatable bonds is 2. The molecule has 0 unspecified atom stereocenters. The molecule has 1 atom stereocenters. The Morgan fingerprint density at radius 2 is 2.18 bits per heavy atom. The van der Waals surface area contributed by atoms with E-state index in [0.29, 0.717) is 38.2 Å². The zero-order valence-corrected chi connectivity index (χ0v) is 13.2. The average molecular weight is 308 g/mol. The van der Waals surface area contributed by atoms with Crippen molar-refractivity contribution in [2.75, 3.05) is 19.7 Å². The fraction of sp³-hybridized carbons (Fsp3) is 0.750. The highest BCUT2D eigenvalue weighted by atomic mass is 16.5. The minimum atomic E-state index is -0.456. The molecule has 122 valence electrons. The van der Waals surface area contributed by atoms with Crippen LogP contribution in [0.5, 0.6) is 0 Å². The Labute approximate surface area is 130 Å². The molecule has 1 amide bonds. The number of amides is 1. The molecule has 2 aliphatic rings. The fourth-order valence-electron chi connectivity index (χ4n) is 3.30. The highest BCUT2D eigenvalue weighted by Crippen LogP contribution is 2.35. The molecule has 2 aliphatic heterocycles. The van der Waals surface area contributed by atoms with Crippen molar-refractivity contribution in [1.82, 2.24) is 10.1 Å². The van der Waals surface area contributed by atoms with E-state index in [9.17, 15) is 9.90 Å². The van der Waals surface area contributed by atoms with Crippen LogP contribution in [-0.2, 0) is 4.74 Å². The van der Waals surface area contributed by atoms with Crippen molar-refractivity contribution in [2.24, 2.45) is 0 Å². The summed E-state index contributed by atoms with van der Waals surface area (Å²) in [5.41, 5.74) is -0.0909. The van der Waals surface area contributed by atoms with E-state index >= 15 is 0 Å². The van der Waals surface area contributed by atoms with Gasteiger partial charge in [0.05, 0.1) is 11.7 Å². The summed E-state index contributed by atoms with van der Waals surface area (Å²) in [4.78, 5) is 14.3. The van der Waals surface area contributed by atoms with Crippen LogP contribution in [0.25, 0.3) is 0 Å². The molecule has 3 rings (SSSR count). The van der Waals surface area contributed by atoms with Gasteiger partial charge in [-0.15, -0.1) is 0 Å². The van der Waals surface area contributed by atoms with Crippen LogP contribution in [0.2, 0.25) is 0 Å². The first-order chi connectivity index (χ1) is 10.5. The van der Waals surface area contributed by atoms with Gasteiger partial charge < -0.3 is 19.3 Å². The van der Waals surface area contributed by atoms with Crippen molar-refractivity contribution in [1.29, 1.82) is 0 Å². The molecule has 0 aromatic carbocycles. The van der Waals surface area contributed by atoms with Crippen LogP contribution in [0.1, 0.15) is 61.7 Å². The maximum absolute atomic E-state index is 12.5. The second-order valence-electron chi connectivity index (χ2n) is 6.63. The maximum atomic E-state index is 12.5. The predicted molar refractivity (Wildman–Crippen MR) is 79.7 cm³/mol. The Kier molecular flexibility index (Phi) is 4.23. The van der Waals surface area contributed by atoms with Crippen LogP contribution >= 0.6 is 0 Å². The van der Waals surface area contributed by atoms with Crippen molar-refractivity contribution in [3.8, 4) is 0 Å². The standard InChI is InChI=1S/C16H24N2O4/c1-11(2)13-10-12(17-22-13)15(20)18-7-5-16(6-8-18)14(19)4-3-9-21-16/h10-11,14,19H,3-9H2,1-2H3/t14-/m0/s1. The second kappa shape index (κ2) is 6.01. The number of aliphatic hydroxyl groups excluding tert-OH is 1. The minimum Gasteiger partial charge on any atom is -0.390 e. The van der Waals surface area contributed by atoms with Gasteiger partial charge in [-0.05, 0) is 25.7 Å². The summed E-state index contributed by atoms with van der Waals surface area (Å²) in [6.07, 6.45) is 2.62. The van der Waals surface area contributed by atoms with E-state index in [-0.39, 0.29) is 11.8 Å². The van der Waals surface area contributed by atoms with Crippen LogP contribution in [0.3, 0.4) is 0 Å². The summed E-state index contributed by atoms with van der Waals surface area (Å²) >= 11 is 0. The van der Waals surface area contributed by atoms with Crippen molar-refractivity contribution >= 4 is 5.91 Å². The Morgan fingerprint density at radius 3 is 2.77 bits per heavy atom. The molecule has 0 saturated carbocycles. The van der Waals surface area contributed by atoms with Crippen molar-refractivity contribution < 1.29 is 19.2 Å². The van der Waals surface area contributed by atoms with Crippen molar-refractivity contribution in [3.63, 3.8) is 0 Å². The number of aliphatic hydroxyl groups is 1. The van der Waals surface area contributed by atoms with Gasteiger partial charge in [-0.2, -0.15) is 0 Å². The van der Waals surface area contributed by atoms with Gasteiger partial charge in [0.1, 0.15) is 5.76 Å². The first-order valence-electron chi connectivity index (χ1n) is 8.10. The molecule has 3 heterocycles. The van der Waals surface area contributed by atoms with Crippen LogP contribution in [0.4, 0.5) is 0 Å². The van der Waals surface area contributed by atoms with Gasteiger partial charge in [-0.3, -0.25) is 4.79 Å². The van der Waals surface area contributed by atoms with Gasteiger partial charge in [0, 0.05) is 31.7 Å². The number of hydrogen-bond acceptors (Lipinski definition) is 5. The molecule has 0 aliphatic carbocycles. The highest BCUT2D eigenvalue weighted by Gasteiger charge is 2.44. The topological polar surface area (TPSA) is 75.8 Å². The van der Waals surface area contributed by atoms with E-state index in [0.717, 1.165) is 18.6 Å². The highest BCUT2D eigenvalue weighted by molar-refractivity contribution is 5.92. The van der Waals surface area contributed by atoms with E-state index in [4.69, 9.17) is 9.26 Å². The molecule has 1 aromatic heterocycles. The quantitative estimate of drug-likeness (QED) is 0.903. The number of carbonyl (C=O) groups is 1. The normalized spacial score (nSPS) is 24.9. The molecule has 6 nitrogen and oxygen atoms in total. The largest absolute Gasteiger partial charge is 0.390 e. The number of carbonyl (C=O) groups excluding carboxylic acids is 1. The van der Waals surface area contributed by atoms with E-state index in [1.165, 1.54) is 0 Å². The summed E-state index contributed by atoms with van der Waals surface area (Å²) in [6, 6.07) is 1.73. The third kappa shape index (κ3) is 2.77. The third-order valence-corrected chi connectivity index (χ3v) is 4.83. The smallest absolute Gasteiger partial charge is 0.276 e. The molecule has 2 fully saturated rings. The van der Waals surface area contributed by atoms with Crippen LogP contribution in [-0.4, -0.2) is 52.5 Å². The van der Waals surface area contributed by atoms with Gasteiger partial charge in [0.2, 0.25) is 0 Å². The minimum absolute atomic E-state index is 0.101. The Balaban J connectivity index is 1.64. The van der Waals surface area contributed by atoms with Crippen molar-refractivity contribution in [3.05, 3.63) is 17.5 Å². The molecule has 6 heteroatoms. The Morgan fingerprint density at radius 1 is 1.45 bits per heavy atom. The van der Waals surface area contributed by atoms with Crippen LogP contribution < -0.4 is 0 Å². The molecule has 2 saturated heterocycles. The lowest BCUT2D eigenvalue weighted by atomic mass is 9.82. The monoisotopic (exact) mass is 308 g/mol. The molecule has 22 heavy (non-hydrogen) atoms. The van der Waals surface area contributed by atoms with Gasteiger partial charge in [-0.1, -0.05) is 19.0 Å². The van der Waals surface area contributed by atoms with E-state index in [1.54, 1.807) is 11.0 Å². The summed E-state index contributed by atoms with van der Waals surface area (Å²) in [6.45, 7) is 5.87. The van der Waals surface area contributed by atoms with E-state index in [2.05, 4.69) is 5.16 Å². The number of nitrogens with zero attached hydrogens (tertiary/aromatic N) is 2. The molecular formula is C16H24N2O4. The number of hydrogen-bond donors (Lipinski definition) is 1. The number of piperidine rings is 1. The van der Waals surface area contributed by atoms with Gasteiger partial charge in [0.25, 0.3) is 5.91 Å². The van der Waals surface area contributed by atoms with Crippen LogP contribution in [0.15, 0.2) is 10.6 Å². The number of likely N-dealkylation sites (tertiary alicyclic amines) is 1. The first-order valence-corrected chi connectivity index (χ1v) is 8.10. The van der Waals surface area contributed by atoms with E-state index < -0.39 is 11.7 Å².